The van der Waals surface area contributed by atoms with E-state index in [4.69, 9.17) is 14.2 Å². The second kappa shape index (κ2) is 10.5. The summed E-state index contributed by atoms with van der Waals surface area (Å²) in [5, 5.41) is 3.42. The van der Waals surface area contributed by atoms with Crippen molar-refractivity contribution in [1.82, 2.24) is 10.3 Å². The van der Waals surface area contributed by atoms with Gasteiger partial charge in [0, 0.05) is 25.4 Å². The summed E-state index contributed by atoms with van der Waals surface area (Å²) in [6.07, 6.45) is 0. The van der Waals surface area contributed by atoms with Gasteiger partial charge in [-0.05, 0) is 31.0 Å². The van der Waals surface area contributed by atoms with E-state index >= 15 is 0 Å². The Morgan fingerprint density at radius 2 is 1.90 bits per heavy atom. The topological polar surface area (TPSA) is 52.6 Å². The molecule has 5 heteroatoms. The lowest BCUT2D eigenvalue weighted by Crippen LogP contribution is -2.19. The number of nitrogens with one attached hydrogen (secondary N) is 1. The van der Waals surface area contributed by atoms with E-state index in [0.29, 0.717) is 38.2 Å². The molecule has 0 atom stereocenters. The molecule has 0 aliphatic rings. The van der Waals surface area contributed by atoms with Gasteiger partial charge in [0.25, 0.3) is 0 Å². The van der Waals surface area contributed by atoms with E-state index in [1.54, 1.807) is 7.11 Å². The molecule has 1 N–H and O–H groups in total. The summed E-state index contributed by atoms with van der Waals surface area (Å²) in [6, 6.07) is 4.06. The third-order valence-corrected chi connectivity index (χ3v) is 2.78. The first kappa shape index (κ1) is 17.9. The first-order chi connectivity index (χ1) is 10.1. The minimum Gasteiger partial charge on any atom is -0.475 e. The molecule has 0 fully saturated rings. The fraction of sp³-hybridized carbons (Fsp3) is 0.688. The molecule has 1 aromatic heterocycles. The monoisotopic (exact) mass is 296 g/mol. The van der Waals surface area contributed by atoms with Crippen molar-refractivity contribution in [2.45, 2.75) is 27.3 Å². The molecule has 0 saturated carbocycles. The van der Waals surface area contributed by atoms with E-state index < -0.39 is 0 Å². The molecular weight excluding hydrogens is 268 g/mol. The van der Waals surface area contributed by atoms with Crippen LogP contribution in [-0.4, -0.2) is 45.1 Å². The van der Waals surface area contributed by atoms with Crippen molar-refractivity contribution >= 4 is 0 Å². The van der Waals surface area contributed by atoms with Crippen LogP contribution in [0.4, 0.5) is 0 Å². The van der Waals surface area contributed by atoms with E-state index in [0.717, 1.165) is 18.8 Å². The van der Waals surface area contributed by atoms with Gasteiger partial charge in [-0.1, -0.05) is 13.8 Å². The zero-order chi connectivity index (χ0) is 15.5. The van der Waals surface area contributed by atoms with E-state index in [1.165, 1.54) is 5.56 Å². The van der Waals surface area contributed by atoms with E-state index in [2.05, 4.69) is 30.2 Å². The molecule has 0 aliphatic carbocycles. The van der Waals surface area contributed by atoms with Gasteiger partial charge in [0.05, 0.1) is 19.8 Å². The highest BCUT2D eigenvalue weighted by Gasteiger charge is 2.02. The van der Waals surface area contributed by atoms with Crippen LogP contribution >= 0.6 is 0 Å². The van der Waals surface area contributed by atoms with Crippen molar-refractivity contribution in [3.05, 3.63) is 23.4 Å². The lowest BCUT2D eigenvalue weighted by molar-refractivity contribution is 0.0536. The number of ether oxygens (including phenoxy) is 3. The standard InChI is InChI=1S/C16H28N2O3/c1-13(2)11-17-12-15-9-14(3)18-16(10-15)21-8-7-20-6-5-19-4/h9-10,13,17H,5-8,11-12H2,1-4H3. The van der Waals surface area contributed by atoms with Gasteiger partial charge in [-0.2, -0.15) is 0 Å². The van der Waals surface area contributed by atoms with Crippen molar-refractivity contribution in [3.8, 4) is 5.88 Å². The number of aromatic nitrogens is 1. The molecule has 0 spiro atoms. The third kappa shape index (κ3) is 8.65. The predicted molar refractivity (Wildman–Crippen MR) is 83.7 cm³/mol. The van der Waals surface area contributed by atoms with Crippen molar-refractivity contribution in [2.24, 2.45) is 5.92 Å². The van der Waals surface area contributed by atoms with Crippen molar-refractivity contribution in [3.63, 3.8) is 0 Å². The highest BCUT2D eigenvalue weighted by molar-refractivity contribution is 5.24. The molecule has 1 aromatic rings. The fourth-order valence-corrected chi connectivity index (χ4v) is 1.84. The zero-order valence-electron chi connectivity index (χ0n) is 13.6. The first-order valence-electron chi connectivity index (χ1n) is 7.49. The Morgan fingerprint density at radius 3 is 2.62 bits per heavy atom. The van der Waals surface area contributed by atoms with Gasteiger partial charge in [0.1, 0.15) is 6.61 Å². The smallest absolute Gasteiger partial charge is 0.213 e. The van der Waals surface area contributed by atoms with Gasteiger partial charge in [0.2, 0.25) is 5.88 Å². The van der Waals surface area contributed by atoms with Gasteiger partial charge >= 0.3 is 0 Å². The Hall–Kier alpha value is -1.17. The number of aryl methyl sites for hydroxylation is 1. The fourth-order valence-electron chi connectivity index (χ4n) is 1.84. The number of methoxy groups -OCH3 is 1. The quantitative estimate of drug-likeness (QED) is 0.634. The Balaban J connectivity index is 2.34. The molecule has 5 nitrogen and oxygen atoms in total. The van der Waals surface area contributed by atoms with Gasteiger partial charge in [-0.15, -0.1) is 0 Å². The summed E-state index contributed by atoms with van der Waals surface area (Å²) in [7, 11) is 1.66. The molecule has 0 saturated heterocycles. The molecule has 0 amide bonds. The highest BCUT2D eigenvalue weighted by atomic mass is 16.5. The molecule has 0 aliphatic heterocycles. The third-order valence-electron chi connectivity index (χ3n) is 2.78. The summed E-state index contributed by atoms with van der Waals surface area (Å²) in [5.41, 5.74) is 2.16. The average molecular weight is 296 g/mol. The largest absolute Gasteiger partial charge is 0.475 e. The van der Waals surface area contributed by atoms with Crippen LogP contribution in [0.15, 0.2) is 12.1 Å². The average Bonchev–Trinajstić information content (AvgIpc) is 2.42. The molecule has 120 valence electrons. The number of nitrogens with zero attached hydrogens (tertiary/aromatic N) is 1. The van der Waals surface area contributed by atoms with Crippen LogP contribution in [0.25, 0.3) is 0 Å². The summed E-state index contributed by atoms with van der Waals surface area (Å²) < 4.78 is 15.9. The van der Waals surface area contributed by atoms with E-state index in [1.807, 2.05) is 13.0 Å². The molecule has 0 aromatic carbocycles. The maximum atomic E-state index is 5.63. The minimum atomic E-state index is 0.499. The number of hydrogen-bond acceptors (Lipinski definition) is 5. The Morgan fingerprint density at radius 1 is 1.14 bits per heavy atom. The summed E-state index contributed by atoms with van der Waals surface area (Å²) in [5.74, 6) is 1.31. The first-order valence-corrected chi connectivity index (χ1v) is 7.49. The number of hydrogen-bond donors (Lipinski definition) is 1. The summed E-state index contributed by atoms with van der Waals surface area (Å²) in [6.45, 7) is 10.5. The minimum absolute atomic E-state index is 0.499. The molecule has 0 bridgehead atoms. The second-order valence-electron chi connectivity index (χ2n) is 5.43. The van der Waals surface area contributed by atoms with Gasteiger partial charge in [0.15, 0.2) is 0 Å². The zero-order valence-corrected chi connectivity index (χ0v) is 13.6. The van der Waals surface area contributed by atoms with Gasteiger partial charge in [-0.25, -0.2) is 4.98 Å². The Bertz CT molecular complexity index is 397. The van der Waals surface area contributed by atoms with E-state index in [-0.39, 0.29) is 0 Å². The van der Waals surface area contributed by atoms with Crippen molar-refractivity contribution in [1.29, 1.82) is 0 Å². The maximum absolute atomic E-state index is 5.63. The second-order valence-corrected chi connectivity index (χ2v) is 5.43. The lowest BCUT2D eigenvalue weighted by Gasteiger charge is -2.11. The molecule has 1 heterocycles. The molecule has 1 rings (SSSR count). The van der Waals surface area contributed by atoms with Crippen LogP contribution in [0.1, 0.15) is 25.1 Å². The van der Waals surface area contributed by atoms with Gasteiger partial charge < -0.3 is 19.5 Å². The maximum Gasteiger partial charge on any atom is 0.213 e. The number of pyridine rings is 1. The van der Waals surface area contributed by atoms with Crippen LogP contribution in [0.2, 0.25) is 0 Å². The summed E-state index contributed by atoms with van der Waals surface area (Å²) in [4.78, 5) is 4.38. The summed E-state index contributed by atoms with van der Waals surface area (Å²) >= 11 is 0. The molecule has 0 unspecified atom stereocenters. The van der Waals surface area contributed by atoms with Crippen LogP contribution in [-0.2, 0) is 16.0 Å². The van der Waals surface area contributed by atoms with Crippen LogP contribution in [0, 0.1) is 12.8 Å². The SMILES string of the molecule is COCCOCCOc1cc(CNCC(C)C)cc(C)n1. The van der Waals surface area contributed by atoms with Crippen LogP contribution in [0.3, 0.4) is 0 Å². The Labute approximate surface area is 128 Å². The van der Waals surface area contributed by atoms with Gasteiger partial charge in [-0.3, -0.25) is 0 Å². The van der Waals surface area contributed by atoms with Crippen molar-refractivity contribution in [2.75, 3.05) is 40.1 Å². The van der Waals surface area contributed by atoms with Crippen LogP contribution in [0.5, 0.6) is 5.88 Å². The molecule has 21 heavy (non-hydrogen) atoms. The lowest BCUT2D eigenvalue weighted by atomic mass is 10.2. The normalized spacial score (nSPS) is 11.1. The molecular formula is C16H28N2O3. The van der Waals surface area contributed by atoms with Crippen molar-refractivity contribution < 1.29 is 14.2 Å². The van der Waals surface area contributed by atoms with Crippen LogP contribution < -0.4 is 10.1 Å². The molecule has 0 radical (unpaired) electrons. The van der Waals surface area contributed by atoms with E-state index in [9.17, 15) is 0 Å². The highest BCUT2D eigenvalue weighted by Crippen LogP contribution is 2.12. The predicted octanol–water partition coefficient (Wildman–Crippen LogP) is 2.18. The Kier molecular flexibility index (Phi) is 8.98. The number of rotatable bonds is 11.